The van der Waals surface area contributed by atoms with Crippen molar-refractivity contribution in [1.82, 2.24) is 0 Å². The number of carbonyl (C=O) groups is 1. The molecule has 0 saturated heterocycles. The smallest absolute Gasteiger partial charge is 0.434 e. The molecule has 0 aliphatic heterocycles. The molecule has 1 atom stereocenters. The van der Waals surface area contributed by atoms with Crippen LogP contribution in [0.4, 0.5) is 4.79 Å². The first-order valence-corrected chi connectivity index (χ1v) is 5.66. The van der Waals surface area contributed by atoms with Crippen molar-refractivity contribution in [2.45, 2.75) is 26.7 Å². The van der Waals surface area contributed by atoms with Crippen molar-refractivity contribution in [2.24, 2.45) is 5.92 Å². The van der Waals surface area contributed by atoms with Gasteiger partial charge in [-0.1, -0.05) is 26.2 Å². The van der Waals surface area contributed by atoms with E-state index < -0.39 is 6.16 Å². The maximum Gasteiger partial charge on any atom is 0.509 e. The Hall–Kier alpha value is -0.440. The van der Waals surface area contributed by atoms with Crippen molar-refractivity contribution in [3.63, 3.8) is 0 Å². The standard InChI is InChI=1S/C10H15IO3/c1-3-5-9(2)8-14-10(12)13-7-4-6-11/h9H,3,5,7-8H2,1-2H3. The van der Waals surface area contributed by atoms with Crippen LogP contribution in [0.1, 0.15) is 26.7 Å². The van der Waals surface area contributed by atoms with Crippen LogP contribution in [0, 0.1) is 15.8 Å². The highest BCUT2D eigenvalue weighted by atomic mass is 127. The number of hydrogen-bond acceptors (Lipinski definition) is 3. The third kappa shape index (κ3) is 8.17. The first-order chi connectivity index (χ1) is 6.70. The van der Waals surface area contributed by atoms with Gasteiger partial charge in [-0.3, -0.25) is 0 Å². The van der Waals surface area contributed by atoms with Crippen LogP contribution in [0.5, 0.6) is 0 Å². The molecular weight excluding hydrogens is 295 g/mol. The number of hydrogen-bond donors (Lipinski definition) is 0. The van der Waals surface area contributed by atoms with Gasteiger partial charge in [0.25, 0.3) is 0 Å². The second-order valence-corrected chi connectivity index (χ2v) is 3.55. The molecule has 0 aromatic heterocycles. The Morgan fingerprint density at radius 1 is 1.50 bits per heavy atom. The topological polar surface area (TPSA) is 35.5 Å². The van der Waals surface area contributed by atoms with Gasteiger partial charge in [-0.05, 0) is 16.3 Å². The molecule has 0 spiro atoms. The number of carbonyl (C=O) groups excluding carboxylic acids is 1. The molecule has 0 bridgehead atoms. The Kier molecular flexibility index (Phi) is 8.84. The normalized spacial score (nSPS) is 11.1. The molecule has 0 radical (unpaired) electrons. The molecule has 0 aliphatic rings. The van der Waals surface area contributed by atoms with Gasteiger partial charge in [-0.2, -0.15) is 0 Å². The molecule has 0 aliphatic carbocycles. The minimum Gasteiger partial charge on any atom is -0.434 e. The van der Waals surface area contributed by atoms with Crippen LogP contribution >= 0.6 is 22.6 Å². The molecule has 4 heteroatoms. The number of rotatable bonds is 5. The van der Waals surface area contributed by atoms with Crippen molar-refractivity contribution in [1.29, 1.82) is 0 Å². The van der Waals surface area contributed by atoms with E-state index in [4.69, 9.17) is 4.74 Å². The first-order valence-electron chi connectivity index (χ1n) is 4.58. The third-order valence-corrected chi connectivity index (χ3v) is 1.98. The largest absolute Gasteiger partial charge is 0.509 e. The molecule has 0 heterocycles. The Morgan fingerprint density at radius 3 is 2.79 bits per heavy atom. The molecule has 0 aromatic rings. The molecule has 0 amide bonds. The predicted molar refractivity (Wildman–Crippen MR) is 63.2 cm³/mol. The highest BCUT2D eigenvalue weighted by molar-refractivity contribution is 14.1. The molecule has 0 rings (SSSR count). The molecule has 3 nitrogen and oxygen atoms in total. The van der Waals surface area contributed by atoms with E-state index in [0.717, 1.165) is 12.8 Å². The fourth-order valence-corrected chi connectivity index (χ4v) is 1.11. The van der Waals surface area contributed by atoms with Crippen molar-refractivity contribution in [2.75, 3.05) is 13.2 Å². The van der Waals surface area contributed by atoms with E-state index in [-0.39, 0.29) is 6.61 Å². The maximum atomic E-state index is 10.9. The fourth-order valence-electron chi connectivity index (χ4n) is 0.950. The van der Waals surface area contributed by atoms with Gasteiger partial charge in [0.1, 0.15) is 0 Å². The summed E-state index contributed by atoms with van der Waals surface area (Å²) in [4.78, 5) is 10.9. The summed E-state index contributed by atoms with van der Waals surface area (Å²) in [6.45, 7) is 4.67. The number of ether oxygens (including phenoxy) is 2. The van der Waals surface area contributed by atoms with E-state index in [1.807, 2.05) is 29.5 Å². The van der Waals surface area contributed by atoms with Gasteiger partial charge in [0, 0.05) is 22.6 Å². The minimum atomic E-state index is -0.632. The van der Waals surface area contributed by atoms with Crippen LogP contribution in [0.15, 0.2) is 0 Å². The molecule has 1 unspecified atom stereocenters. The summed E-state index contributed by atoms with van der Waals surface area (Å²) < 4.78 is 12.1. The molecule has 14 heavy (non-hydrogen) atoms. The zero-order valence-electron chi connectivity index (χ0n) is 8.51. The Labute approximate surface area is 98.7 Å². The summed E-state index contributed by atoms with van der Waals surface area (Å²) in [5, 5.41) is 0. The lowest BCUT2D eigenvalue weighted by Gasteiger charge is -2.09. The van der Waals surface area contributed by atoms with E-state index >= 15 is 0 Å². The summed E-state index contributed by atoms with van der Waals surface area (Å²) in [5.74, 6) is 3.00. The highest BCUT2D eigenvalue weighted by Gasteiger charge is 2.06. The van der Waals surface area contributed by atoms with E-state index in [0.29, 0.717) is 12.5 Å². The lowest BCUT2D eigenvalue weighted by Crippen LogP contribution is -2.13. The van der Waals surface area contributed by atoms with Gasteiger partial charge in [0.2, 0.25) is 0 Å². The maximum absolute atomic E-state index is 10.9. The Morgan fingerprint density at radius 2 is 2.21 bits per heavy atom. The molecule has 80 valence electrons. The van der Waals surface area contributed by atoms with Gasteiger partial charge >= 0.3 is 6.16 Å². The predicted octanol–water partition coefficient (Wildman–Crippen LogP) is 2.97. The first kappa shape index (κ1) is 13.6. The summed E-state index contributed by atoms with van der Waals surface area (Å²) >= 11 is 1.88. The summed E-state index contributed by atoms with van der Waals surface area (Å²) in [5.41, 5.74) is 0. The lowest BCUT2D eigenvalue weighted by atomic mass is 10.1. The van der Waals surface area contributed by atoms with Gasteiger partial charge in [0.15, 0.2) is 6.61 Å². The SMILES string of the molecule is CCCC(C)COC(=O)OCC#CI. The summed E-state index contributed by atoms with van der Waals surface area (Å²) in [7, 11) is 0. The van der Waals surface area contributed by atoms with E-state index in [2.05, 4.69) is 21.5 Å². The zero-order valence-corrected chi connectivity index (χ0v) is 10.7. The minimum absolute atomic E-state index is 0.101. The monoisotopic (exact) mass is 310 g/mol. The van der Waals surface area contributed by atoms with Crippen molar-refractivity contribution in [3.8, 4) is 9.85 Å². The summed E-state index contributed by atoms with van der Waals surface area (Å²) in [6, 6.07) is 0. The lowest BCUT2D eigenvalue weighted by molar-refractivity contribution is 0.0535. The molecule has 0 fully saturated rings. The third-order valence-electron chi connectivity index (χ3n) is 1.60. The van der Waals surface area contributed by atoms with Gasteiger partial charge in [-0.25, -0.2) is 4.79 Å². The number of halogens is 1. The van der Waals surface area contributed by atoms with Crippen LogP contribution in [0.25, 0.3) is 0 Å². The van der Waals surface area contributed by atoms with Gasteiger partial charge in [-0.15, -0.1) is 0 Å². The molecule has 0 saturated carbocycles. The molecular formula is C10H15IO3. The average Bonchev–Trinajstić information content (AvgIpc) is 2.16. The van der Waals surface area contributed by atoms with Crippen molar-refractivity contribution >= 4 is 28.7 Å². The fraction of sp³-hybridized carbons (Fsp3) is 0.700. The van der Waals surface area contributed by atoms with Gasteiger partial charge in [0.05, 0.1) is 6.61 Å². The summed E-state index contributed by atoms with van der Waals surface area (Å²) in [6.07, 6.45) is 1.52. The van der Waals surface area contributed by atoms with E-state index in [9.17, 15) is 4.79 Å². The van der Waals surface area contributed by atoms with Crippen LogP contribution in [0.2, 0.25) is 0 Å². The van der Waals surface area contributed by atoms with E-state index in [1.54, 1.807) is 0 Å². The molecule has 0 aromatic carbocycles. The van der Waals surface area contributed by atoms with Crippen LogP contribution < -0.4 is 0 Å². The molecule has 0 N–H and O–H groups in total. The Bertz CT molecular complexity index is 217. The van der Waals surface area contributed by atoms with Gasteiger partial charge < -0.3 is 9.47 Å². The second kappa shape index (κ2) is 9.13. The zero-order chi connectivity index (χ0) is 10.8. The van der Waals surface area contributed by atoms with Crippen molar-refractivity contribution in [3.05, 3.63) is 0 Å². The van der Waals surface area contributed by atoms with Crippen LogP contribution in [0.3, 0.4) is 0 Å². The van der Waals surface area contributed by atoms with Crippen LogP contribution in [-0.4, -0.2) is 19.4 Å². The van der Waals surface area contributed by atoms with E-state index in [1.165, 1.54) is 0 Å². The van der Waals surface area contributed by atoms with Crippen molar-refractivity contribution < 1.29 is 14.3 Å². The quantitative estimate of drug-likeness (QED) is 0.445. The average molecular weight is 310 g/mol. The van der Waals surface area contributed by atoms with Crippen LogP contribution in [-0.2, 0) is 9.47 Å². The highest BCUT2D eigenvalue weighted by Crippen LogP contribution is 2.05. The Balaban J connectivity index is 3.46. The second-order valence-electron chi connectivity index (χ2n) is 3.01.